The molecule has 0 aliphatic carbocycles. The molecular formula is C12H21N3O2. The summed E-state index contributed by atoms with van der Waals surface area (Å²) in [6.07, 6.45) is 5.70. The van der Waals surface area contributed by atoms with E-state index in [1.165, 1.54) is 0 Å². The van der Waals surface area contributed by atoms with Gasteiger partial charge in [0, 0.05) is 24.5 Å². The lowest BCUT2D eigenvalue weighted by Crippen LogP contribution is -2.22. The molecule has 0 aromatic heterocycles. The van der Waals surface area contributed by atoms with Gasteiger partial charge in [-0.3, -0.25) is 9.59 Å². The van der Waals surface area contributed by atoms with Gasteiger partial charge in [-0.05, 0) is 32.2 Å². The third-order valence-corrected chi connectivity index (χ3v) is 3.03. The van der Waals surface area contributed by atoms with Gasteiger partial charge in [-0.1, -0.05) is 6.08 Å². The number of rotatable bonds is 7. The topological polar surface area (TPSA) is 98.2 Å². The number of amides is 2. The van der Waals surface area contributed by atoms with E-state index in [0.29, 0.717) is 6.42 Å². The average molecular weight is 239 g/mol. The van der Waals surface area contributed by atoms with Gasteiger partial charge in [-0.25, -0.2) is 0 Å². The number of primary amides is 2. The summed E-state index contributed by atoms with van der Waals surface area (Å²) >= 11 is 0. The van der Waals surface area contributed by atoms with Crippen molar-refractivity contribution in [3.63, 3.8) is 0 Å². The van der Waals surface area contributed by atoms with Crippen LogP contribution in [0.25, 0.3) is 0 Å². The molecule has 5 heteroatoms. The summed E-state index contributed by atoms with van der Waals surface area (Å²) in [6.45, 7) is 1.77. The smallest absolute Gasteiger partial charge is 0.244 e. The molecule has 17 heavy (non-hydrogen) atoms. The van der Waals surface area contributed by atoms with E-state index in [9.17, 15) is 9.59 Å². The molecular weight excluding hydrogens is 218 g/mol. The van der Waals surface area contributed by atoms with Crippen molar-refractivity contribution >= 4 is 11.8 Å². The summed E-state index contributed by atoms with van der Waals surface area (Å²) in [5.41, 5.74) is 11.1. The van der Waals surface area contributed by atoms with E-state index >= 15 is 0 Å². The number of allylic oxidation sites excluding steroid dienone is 1. The van der Waals surface area contributed by atoms with Crippen LogP contribution in [0.3, 0.4) is 0 Å². The number of unbranched alkanes of at least 4 members (excludes halogenated alkanes) is 2. The van der Waals surface area contributed by atoms with Crippen molar-refractivity contribution in [1.82, 2.24) is 5.32 Å². The fraction of sp³-hybridized carbons (Fsp3) is 0.667. The Morgan fingerprint density at radius 2 is 2.06 bits per heavy atom. The van der Waals surface area contributed by atoms with Crippen molar-refractivity contribution in [2.45, 2.75) is 32.1 Å². The zero-order valence-corrected chi connectivity index (χ0v) is 10.1. The van der Waals surface area contributed by atoms with Crippen LogP contribution >= 0.6 is 0 Å². The first-order valence-electron chi connectivity index (χ1n) is 6.10. The Morgan fingerprint density at radius 1 is 1.29 bits per heavy atom. The molecule has 1 heterocycles. The lowest BCUT2D eigenvalue weighted by atomic mass is 9.96. The molecule has 0 bridgehead atoms. The number of carbonyl (C=O) groups is 2. The van der Waals surface area contributed by atoms with Gasteiger partial charge in [0.25, 0.3) is 0 Å². The van der Waals surface area contributed by atoms with Gasteiger partial charge >= 0.3 is 0 Å². The molecule has 1 unspecified atom stereocenters. The van der Waals surface area contributed by atoms with E-state index in [0.717, 1.165) is 44.3 Å². The van der Waals surface area contributed by atoms with Gasteiger partial charge in [-0.15, -0.1) is 0 Å². The van der Waals surface area contributed by atoms with Crippen LogP contribution in [-0.2, 0) is 9.59 Å². The summed E-state index contributed by atoms with van der Waals surface area (Å²) in [6, 6.07) is 0. The van der Waals surface area contributed by atoms with Gasteiger partial charge in [0.05, 0.1) is 0 Å². The highest BCUT2D eigenvalue weighted by molar-refractivity contribution is 5.92. The summed E-state index contributed by atoms with van der Waals surface area (Å²) in [4.78, 5) is 21.8. The highest BCUT2D eigenvalue weighted by Crippen LogP contribution is 2.19. The maximum atomic E-state index is 11.3. The second kappa shape index (κ2) is 7.06. The van der Waals surface area contributed by atoms with Crippen molar-refractivity contribution in [3.05, 3.63) is 11.6 Å². The van der Waals surface area contributed by atoms with Gasteiger partial charge in [-0.2, -0.15) is 0 Å². The average Bonchev–Trinajstić information content (AvgIpc) is 2.75. The maximum Gasteiger partial charge on any atom is 0.244 e. The van der Waals surface area contributed by atoms with E-state index in [2.05, 4.69) is 5.32 Å². The van der Waals surface area contributed by atoms with E-state index < -0.39 is 0 Å². The highest BCUT2D eigenvalue weighted by atomic mass is 16.1. The van der Waals surface area contributed by atoms with Crippen molar-refractivity contribution in [3.8, 4) is 0 Å². The number of carbonyl (C=O) groups excluding carboxylic acids is 2. The lowest BCUT2D eigenvalue weighted by molar-refractivity contribution is -0.118. The molecule has 0 aromatic rings. The standard InChI is InChI=1S/C12H21N3O2/c13-11(16)5-3-1-2-4-10(12(14)17)9-6-7-15-8-9/h4,9,15H,1-3,5-8H2,(H2,13,16)(H2,14,17). The SMILES string of the molecule is NC(=O)CCCCC=C(C(N)=O)C1CCNC1. The molecule has 0 aromatic carbocycles. The van der Waals surface area contributed by atoms with Crippen LogP contribution < -0.4 is 16.8 Å². The molecule has 1 saturated heterocycles. The van der Waals surface area contributed by atoms with Crippen LogP contribution in [0.5, 0.6) is 0 Å². The Labute approximate surface area is 102 Å². The van der Waals surface area contributed by atoms with Crippen molar-refractivity contribution in [2.24, 2.45) is 17.4 Å². The number of hydrogen-bond acceptors (Lipinski definition) is 3. The van der Waals surface area contributed by atoms with Crippen LogP contribution in [0.2, 0.25) is 0 Å². The minimum Gasteiger partial charge on any atom is -0.370 e. The summed E-state index contributed by atoms with van der Waals surface area (Å²) in [5.74, 6) is -0.346. The Bertz CT molecular complexity index is 307. The first-order valence-corrected chi connectivity index (χ1v) is 6.10. The molecule has 0 saturated carbocycles. The van der Waals surface area contributed by atoms with Crippen LogP contribution in [0.4, 0.5) is 0 Å². The van der Waals surface area contributed by atoms with Crippen molar-refractivity contribution < 1.29 is 9.59 Å². The van der Waals surface area contributed by atoms with Crippen molar-refractivity contribution in [2.75, 3.05) is 13.1 Å². The fourth-order valence-electron chi connectivity index (χ4n) is 2.09. The predicted octanol–water partition coefficient (Wildman–Crippen LogP) is 0.0533. The number of nitrogens with one attached hydrogen (secondary N) is 1. The van der Waals surface area contributed by atoms with E-state index in [1.54, 1.807) is 0 Å². The summed E-state index contributed by atoms with van der Waals surface area (Å²) < 4.78 is 0. The molecule has 1 atom stereocenters. The molecule has 5 N–H and O–H groups in total. The number of nitrogens with two attached hydrogens (primary N) is 2. The van der Waals surface area contributed by atoms with Crippen LogP contribution in [0, 0.1) is 5.92 Å². The molecule has 1 rings (SSSR count). The zero-order valence-electron chi connectivity index (χ0n) is 10.1. The second-order valence-corrected chi connectivity index (χ2v) is 4.43. The molecule has 1 fully saturated rings. The van der Waals surface area contributed by atoms with Crippen LogP contribution in [0.15, 0.2) is 11.6 Å². The first kappa shape index (κ1) is 13.7. The van der Waals surface area contributed by atoms with E-state index in [1.807, 2.05) is 6.08 Å². The van der Waals surface area contributed by atoms with Crippen LogP contribution in [0.1, 0.15) is 32.1 Å². The minimum absolute atomic E-state index is 0.253. The molecule has 5 nitrogen and oxygen atoms in total. The van der Waals surface area contributed by atoms with E-state index in [-0.39, 0.29) is 17.7 Å². The highest BCUT2D eigenvalue weighted by Gasteiger charge is 2.21. The Morgan fingerprint density at radius 3 is 2.59 bits per heavy atom. The van der Waals surface area contributed by atoms with Crippen LogP contribution in [-0.4, -0.2) is 24.9 Å². The fourth-order valence-corrected chi connectivity index (χ4v) is 2.09. The molecule has 96 valence electrons. The first-order chi connectivity index (χ1) is 8.11. The lowest BCUT2D eigenvalue weighted by Gasteiger charge is -2.10. The monoisotopic (exact) mass is 239 g/mol. The van der Waals surface area contributed by atoms with E-state index in [4.69, 9.17) is 11.5 Å². The quantitative estimate of drug-likeness (QED) is 0.432. The van der Waals surface area contributed by atoms with Gasteiger partial charge in [0.1, 0.15) is 0 Å². The second-order valence-electron chi connectivity index (χ2n) is 4.43. The largest absolute Gasteiger partial charge is 0.370 e. The molecule has 1 aliphatic heterocycles. The maximum absolute atomic E-state index is 11.3. The number of hydrogen-bond donors (Lipinski definition) is 3. The summed E-state index contributed by atoms with van der Waals surface area (Å²) in [7, 11) is 0. The molecule has 2 amide bonds. The third kappa shape index (κ3) is 4.99. The Hall–Kier alpha value is -1.36. The molecule has 0 spiro atoms. The van der Waals surface area contributed by atoms with Gasteiger partial charge < -0.3 is 16.8 Å². The Kier molecular flexibility index (Phi) is 5.69. The minimum atomic E-state index is -0.325. The summed E-state index contributed by atoms with van der Waals surface area (Å²) in [5, 5.41) is 3.21. The Balaban J connectivity index is 2.36. The van der Waals surface area contributed by atoms with Crippen molar-refractivity contribution in [1.29, 1.82) is 0 Å². The predicted molar refractivity (Wildman–Crippen MR) is 65.9 cm³/mol. The van der Waals surface area contributed by atoms with Gasteiger partial charge in [0.15, 0.2) is 0 Å². The third-order valence-electron chi connectivity index (χ3n) is 3.03. The van der Waals surface area contributed by atoms with Gasteiger partial charge in [0.2, 0.25) is 11.8 Å². The molecule has 1 aliphatic rings. The zero-order chi connectivity index (χ0) is 12.7. The molecule has 0 radical (unpaired) electrons. The normalized spacial score (nSPS) is 20.5.